The normalized spacial score (nSPS) is 31.9. The molecule has 1 spiro atoms. The number of ether oxygens (including phenoxy) is 2. The fraction of sp³-hybridized carbons (Fsp3) is 0.455. The SMILES string of the molecule is C=C[C@H]1CN2CC[C@]3(C(=O)Nc4ccccc43)[C@H]2C[C@H]1/C(=C\OC)C(=O)OC. The van der Waals surface area contributed by atoms with Gasteiger partial charge in [-0.3, -0.25) is 9.69 Å². The first-order valence-corrected chi connectivity index (χ1v) is 9.65. The topological polar surface area (TPSA) is 67.9 Å². The summed E-state index contributed by atoms with van der Waals surface area (Å²) in [6, 6.07) is 7.96. The number of methoxy groups -OCH3 is 2. The molecule has 6 nitrogen and oxygen atoms in total. The number of benzene rings is 1. The predicted molar refractivity (Wildman–Crippen MR) is 106 cm³/mol. The molecule has 6 heteroatoms. The molecule has 2 fully saturated rings. The molecule has 0 bridgehead atoms. The largest absolute Gasteiger partial charge is 0.504 e. The molecule has 1 amide bonds. The molecule has 3 aliphatic heterocycles. The van der Waals surface area contributed by atoms with Gasteiger partial charge in [0, 0.05) is 24.2 Å². The zero-order valence-electron chi connectivity index (χ0n) is 16.3. The number of esters is 1. The fourth-order valence-corrected chi connectivity index (χ4v) is 5.38. The third-order valence-corrected chi connectivity index (χ3v) is 6.67. The molecule has 1 aromatic carbocycles. The van der Waals surface area contributed by atoms with Crippen molar-refractivity contribution in [2.75, 3.05) is 32.6 Å². The Morgan fingerprint density at radius 1 is 1.36 bits per heavy atom. The second-order valence-electron chi connectivity index (χ2n) is 7.77. The number of rotatable bonds is 4. The van der Waals surface area contributed by atoms with Crippen molar-refractivity contribution in [3.63, 3.8) is 0 Å². The monoisotopic (exact) mass is 382 g/mol. The number of fused-ring (bicyclic) bond motifs is 4. The predicted octanol–water partition coefficient (Wildman–Crippen LogP) is 2.48. The van der Waals surface area contributed by atoms with Crippen molar-refractivity contribution in [2.24, 2.45) is 11.8 Å². The smallest absolute Gasteiger partial charge is 0.337 e. The molecule has 4 atom stereocenters. The van der Waals surface area contributed by atoms with Gasteiger partial charge in [-0.25, -0.2) is 4.79 Å². The molecular formula is C22H26N2O4. The zero-order chi connectivity index (χ0) is 19.9. The number of anilines is 1. The molecule has 0 aliphatic carbocycles. The van der Waals surface area contributed by atoms with Crippen LogP contribution in [-0.2, 0) is 24.5 Å². The zero-order valence-corrected chi connectivity index (χ0v) is 16.3. The second-order valence-corrected chi connectivity index (χ2v) is 7.77. The molecule has 0 unspecified atom stereocenters. The highest BCUT2D eigenvalue weighted by Crippen LogP contribution is 2.52. The number of para-hydroxylation sites is 1. The number of nitrogens with zero attached hydrogens (tertiary/aromatic N) is 1. The summed E-state index contributed by atoms with van der Waals surface area (Å²) in [4.78, 5) is 28.0. The number of carbonyl (C=O) groups is 2. The van der Waals surface area contributed by atoms with Gasteiger partial charge in [0.25, 0.3) is 0 Å². The Morgan fingerprint density at radius 3 is 2.86 bits per heavy atom. The maximum absolute atomic E-state index is 13.2. The molecule has 3 heterocycles. The van der Waals surface area contributed by atoms with Crippen LogP contribution in [0.4, 0.5) is 5.69 Å². The molecule has 0 saturated carbocycles. The second kappa shape index (κ2) is 7.09. The van der Waals surface area contributed by atoms with Crippen molar-refractivity contribution >= 4 is 17.6 Å². The summed E-state index contributed by atoms with van der Waals surface area (Å²) < 4.78 is 10.2. The molecule has 148 valence electrons. The van der Waals surface area contributed by atoms with Gasteiger partial charge in [-0.2, -0.15) is 0 Å². The minimum Gasteiger partial charge on any atom is -0.504 e. The minimum atomic E-state index is -0.574. The van der Waals surface area contributed by atoms with Gasteiger partial charge >= 0.3 is 5.97 Å². The van der Waals surface area contributed by atoms with Gasteiger partial charge in [0.1, 0.15) is 0 Å². The molecule has 0 radical (unpaired) electrons. The Labute approximate surface area is 165 Å². The van der Waals surface area contributed by atoms with Gasteiger partial charge in [0.15, 0.2) is 0 Å². The molecule has 1 N–H and O–H groups in total. The minimum absolute atomic E-state index is 0.0160. The molecule has 0 aromatic heterocycles. The van der Waals surface area contributed by atoms with Crippen LogP contribution in [0.2, 0.25) is 0 Å². The standard InChI is InChI=1S/C22H26N2O4/c1-4-14-12-24-10-9-22(17-7-5-6-8-18(17)23-21(22)26)19(24)11-15(14)16(13-27-2)20(25)28-3/h4-8,13-15,19H,1,9-12H2,2-3H3,(H,23,26)/b16-13+/t14-,15+,19+,22+/m0/s1. The van der Waals surface area contributed by atoms with E-state index < -0.39 is 11.4 Å². The Kier molecular flexibility index (Phi) is 4.75. The van der Waals surface area contributed by atoms with E-state index in [1.54, 1.807) is 0 Å². The van der Waals surface area contributed by atoms with E-state index in [9.17, 15) is 9.59 Å². The molecule has 1 aromatic rings. The Balaban J connectivity index is 1.75. The van der Waals surface area contributed by atoms with Crippen LogP contribution in [0.25, 0.3) is 0 Å². The van der Waals surface area contributed by atoms with Gasteiger partial charge < -0.3 is 14.8 Å². The van der Waals surface area contributed by atoms with Crippen molar-refractivity contribution in [1.29, 1.82) is 0 Å². The first-order valence-electron chi connectivity index (χ1n) is 9.65. The van der Waals surface area contributed by atoms with Crippen LogP contribution in [0.3, 0.4) is 0 Å². The van der Waals surface area contributed by atoms with Crippen molar-refractivity contribution in [2.45, 2.75) is 24.3 Å². The van der Waals surface area contributed by atoms with Crippen LogP contribution in [-0.4, -0.2) is 50.1 Å². The van der Waals surface area contributed by atoms with Gasteiger partial charge in [-0.05, 0) is 36.9 Å². The van der Waals surface area contributed by atoms with Crippen LogP contribution < -0.4 is 5.32 Å². The van der Waals surface area contributed by atoms with Gasteiger partial charge in [-0.15, -0.1) is 6.58 Å². The van der Waals surface area contributed by atoms with E-state index in [0.717, 1.165) is 30.8 Å². The summed E-state index contributed by atoms with van der Waals surface area (Å²) in [6.45, 7) is 5.60. The summed E-state index contributed by atoms with van der Waals surface area (Å²) >= 11 is 0. The number of piperidine rings is 1. The molecule has 2 saturated heterocycles. The first-order chi connectivity index (χ1) is 13.6. The van der Waals surface area contributed by atoms with Crippen LogP contribution in [0.15, 0.2) is 48.8 Å². The Morgan fingerprint density at radius 2 is 2.14 bits per heavy atom. The quantitative estimate of drug-likeness (QED) is 0.375. The highest BCUT2D eigenvalue weighted by molar-refractivity contribution is 6.07. The lowest BCUT2D eigenvalue weighted by Crippen LogP contribution is -2.53. The highest BCUT2D eigenvalue weighted by Gasteiger charge is 2.60. The number of carbonyl (C=O) groups excluding carboxylic acids is 2. The fourth-order valence-electron chi connectivity index (χ4n) is 5.38. The summed E-state index contributed by atoms with van der Waals surface area (Å²) in [5.74, 6) is -0.351. The van der Waals surface area contributed by atoms with Crippen LogP contribution in [0, 0.1) is 11.8 Å². The van der Waals surface area contributed by atoms with E-state index in [-0.39, 0.29) is 23.8 Å². The lowest BCUT2D eigenvalue weighted by Gasteiger charge is -2.44. The lowest BCUT2D eigenvalue weighted by atomic mass is 9.68. The maximum atomic E-state index is 13.2. The summed E-state index contributed by atoms with van der Waals surface area (Å²) in [5, 5.41) is 3.07. The van der Waals surface area contributed by atoms with Crippen molar-refractivity contribution in [3.8, 4) is 0 Å². The van der Waals surface area contributed by atoms with Crippen molar-refractivity contribution in [3.05, 3.63) is 54.3 Å². The van der Waals surface area contributed by atoms with Crippen molar-refractivity contribution in [1.82, 2.24) is 4.90 Å². The summed E-state index contributed by atoms with van der Waals surface area (Å²) in [6.07, 6.45) is 4.83. The van der Waals surface area contributed by atoms with Gasteiger partial charge in [0.05, 0.1) is 31.5 Å². The van der Waals surface area contributed by atoms with Gasteiger partial charge in [-0.1, -0.05) is 24.3 Å². The number of hydrogen-bond donors (Lipinski definition) is 1. The lowest BCUT2D eigenvalue weighted by molar-refractivity contribution is -0.137. The molecule has 4 rings (SSSR count). The van der Waals surface area contributed by atoms with E-state index in [1.165, 1.54) is 20.5 Å². The maximum Gasteiger partial charge on any atom is 0.337 e. The Bertz CT molecular complexity index is 849. The molecule has 3 aliphatic rings. The Hall–Kier alpha value is -2.60. The number of amides is 1. The third-order valence-electron chi connectivity index (χ3n) is 6.67. The first kappa shape index (κ1) is 18.7. The van der Waals surface area contributed by atoms with Crippen LogP contribution in [0.5, 0.6) is 0 Å². The van der Waals surface area contributed by atoms with Crippen LogP contribution in [0.1, 0.15) is 18.4 Å². The van der Waals surface area contributed by atoms with Gasteiger partial charge in [0.2, 0.25) is 5.91 Å². The molecular weight excluding hydrogens is 356 g/mol. The summed E-state index contributed by atoms with van der Waals surface area (Å²) in [5.41, 5.74) is 1.90. The highest BCUT2D eigenvalue weighted by atomic mass is 16.5. The number of nitrogens with one attached hydrogen (secondary N) is 1. The van der Waals surface area contributed by atoms with Crippen LogP contribution >= 0.6 is 0 Å². The van der Waals surface area contributed by atoms with Crippen molar-refractivity contribution < 1.29 is 19.1 Å². The average molecular weight is 382 g/mol. The van der Waals surface area contributed by atoms with E-state index in [1.807, 2.05) is 24.3 Å². The third kappa shape index (κ3) is 2.58. The van der Waals surface area contributed by atoms with E-state index in [4.69, 9.17) is 9.47 Å². The van der Waals surface area contributed by atoms with E-state index in [0.29, 0.717) is 12.0 Å². The average Bonchev–Trinajstić information content (AvgIpc) is 3.23. The van der Waals surface area contributed by atoms with E-state index >= 15 is 0 Å². The molecule has 28 heavy (non-hydrogen) atoms. The van der Waals surface area contributed by atoms with E-state index in [2.05, 4.69) is 22.9 Å². The number of hydrogen-bond acceptors (Lipinski definition) is 5. The summed E-state index contributed by atoms with van der Waals surface area (Å²) in [7, 11) is 2.90.